The van der Waals surface area contributed by atoms with E-state index in [9.17, 15) is 4.79 Å². The molecule has 3 atom stereocenters. The molecule has 2 heterocycles. The quantitative estimate of drug-likeness (QED) is 0.721. The molecule has 2 saturated heterocycles. The first-order chi connectivity index (χ1) is 13.5. The molecule has 156 valence electrons. The summed E-state index contributed by atoms with van der Waals surface area (Å²) in [4.78, 5) is 17.5. The standard InChI is InChI=1S/C22H25ClN2O3.ClH/c1-24-11-16-12-25(22(26)15-8-17(23)10-19(9-15)28-3)13-20(16)21(24)14-4-6-18(27-2)7-5-14;/h4-10,16,20-21H,11-13H2,1-3H3;1H/t16-,20+,21-;/m0./s1. The van der Waals surface area contributed by atoms with E-state index >= 15 is 0 Å². The second-order valence-corrected chi connectivity index (χ2v) is 8.11. The third-order valence-corrected chi connectivity index (χ3v) is 6.21. The molecule has 2 aliphatic heterocycles. The van der Waals surface area contributed by atoms with Gasteiger partial charge in [-0.05, 0) is 48.9 Å². The summed E-state index contributed by atoms with van der Waals surface area (Å²) in [5.41, 5.74) is 1.85. The first kappa shape index (κ1) is 21.8. The summed E-state index contributed by atoms with van der Waals surface area (Å²) >= 11 is 6.15. The predicted octanol–water partition coefficient (Wildman–Crippen LogP) is 4.15. The molecule has 0 aliphatic carbocycles. The Hall–Kier alpha value is -1.95. The number of halogens is 2. The number of carbonyl (C=O) groups excluding carboxylic acids is 1. The predicted molar refractivity (Wildman–Crippen MR) is 117 cm³/mol. The van der Waals surface area contributed by atoms with Gasteiger partial charge in [0.05, 0.1) is 14.2 Å². The Balaban J connectivity index is 0.00000240. The number of nitrogens with zero attached hydrogens (tertiary/aromatic N) is 2. The van der Waals surface area contributed by atoms with Crippen LogP contribution in [0.2, 0.25) is 5.02 Å². The molecular formula is C22H26Cl2N2O3. The molecular weight excluding hydrogens is 411 g/mol. The van der Waals surface area contributed by atoms with E-state index in [1.54, 1.807) is 32.4 Å². The van der Waals surface area contributed by atoms with Crippen molar-refractivity contribution in [1.82, 2.24) is 9.80 Å². The van der Waals surface area contributed by atoms with Gasteiger partial charge < -0.3 is 14.4 Å². The van der Waals surface area contributed by atoms with Gasteiger partial charge in [-0.2, -0.15) is 0 Å². The third-order valence-electron chi connectivity index (χ3n) is 5.99. The van der Waals surface area contributed by atoms with Crippen LogP contribution in [0.15, 0.2) is 42.5 Å². The molecule has 29 heavy (non-hydrogen) atoms. The van der Waals surface area contributed by atoms with E-state index in [-0.39, 0.29) is 18.3 Å². The smallest absolute Gasteiger partial charge is 0.254 e. The van der Waals surface area contributed by atoms with Gasteiger partial charge in [-0.3, -0.25) is 9.69 Å². The molecule has 0 saturated carbocycles. The van der Waals surface area contributed by atoms with Gasteiger partial charge in [0, 0.05) is 42.2 Å². The summed E-state index contributed by atoms with van der Waals surface area (Å²) in [6.45, 7) is 2.51. The Kier molecular flexibility index (Phi) is 6.62. The Labute approximate surface area is 182 Å². The summed E-state index contributed by atoms with van der Waals surface area (Å²) in [5.74, 6) is 2.38. The summed E-state index contributed by atoms with van der Waals surface area (Å²) in [5, 5.41) is 0.512. The van der Waals surface area contributed by atoms with Gasteiger partial charge >= 0.3 is 0 Å². The Morgan fingerprint density at radius 1 is 1.00 bits per heavy atom. The highest BCUT2D eigenvalue weighted by Gasteiger charge is 2.47. The monoisotopic (exact) mass is 436 g/mol. The average Bonchev–Trinajstić information content (AvgIpc) is 3.23. The lowest BCUT2D eigenvalue weighted by Crippen LogP contribution is -2.33. The van der Waals surface area contributed by atoms with Gasteiger partial charge in [-0.1, -0.05) is 23.7 Å². The van der Waals surface area contributed by atoms with Gasteiger partial charge in [-0.25, -0.2) is 0 Å². The van der Waals surface area contributed by atoms with Gasteiger partial charge in [0.15, 0.2) is 0 Å². The number of rotatable bonds is 4. The fraction of sp³-hybridized carbons (Fsp3) is 0.409. The van der Waals surface area contributed by atoms with Gasteiger partial charge in [0.1, 0.15) is 11.5 Å². The van der Waals surface area contributed by atoms with Crippen LogP contribution in [0.3, 0.4) is 0 Å². The zero-order chi connectivity index (χ0) is 19.8. The summed E-state index contributed by atoms with van der Waals surface area (Å²) < 4.78 is 10.5. The molecule has 5 nitrogen and oxygen atoms in total. The maximum absolute atomic E-state index is 13.1. The van der Waals surface area contributed by atoms with Crippen LogP contribution in [-0.2, 0) is 0 Å². The minimum Gasteiger partial charge on any atom is -0.497 e. The van der Waals surface area contributed by atoms with Crippen molar-refractivity contribution in [2.45, 2.75) is 6.04 Å². The van der Waals surface area contributed by atoms with Crippen molar-refractivity contribution < 1.29 is 14.3 Å². The number of benzene rings is 2. The number of fused-ring (bicyclic) bond motifs is 1. The molecule has 7 heteroatoms. The third kappa shape index (κ3) is 4.18. The molecule has 2 aromatic carbocycles. The number of hydrogen-bond donors (Lipinski definition) is 0. The van der Waals surface area contributed by atoms with E-state index in [0.29, 0.717) is 34.2 Å². The van der Waals surface area contributed by atoms with Gasteiger partial charge in [0.2, 0.25) is 0 Å². The fourth-order valence-corrected chi connectivity index (χ4v) is 4.94. The van der Waals surface area contributed by atoms with Crippen molar-refractivity contribution in [2.75, 3.05) is 40.9 Å². The number of carbonyl (C=O) groups is 1. The minimum absolute atomic E-state index is 0. The van der Waals surface area contributed by atoms with E-state index < -0.39 is 0 Å². The lowest BCUT2D eigenvalue weighted by Gasteiger charge is -2.27. The molecule has 2 aliphatic rings. The lowest BCUT2D eigenvalue weighted by molar-refractivity contribution is 0.0767. The Bertz CT molecular complexity index is 875. The lowest BCUT2D eigenvalue weighted by atomic mass is 9.89. The largest absolute Gasteiger partial charge is 0.497 e. The normalized spacial score (nSPS) is 23.4. The molecule has 0 spiro atoms. The van der Waals surface area contributed by atoms with Crippen LogP contribution in [0, 0.1) is 11.8 Å². The van der Waals surface area contributed by atoms with Crippen molar-refractivity contribution in [3.63, 3.8) is 0 Å². The summed E-state index contributed by atoms with van der Waals surface area (Å²) in [6, 6.07) is 13.8. The fourth-order valence-electron chi connectivity index (χ4n) is 4.71. The maximum atomic E-state index is 13.1. The first-order valence-electron chi connectivity index (χ1n) is 9.48. The molecule has 2 fully saturated rings. The highest BCUT2D eigenvalue weighted by Crippen LogP contribution is 2.44. The van der Waals surface area contributed by atoms with Gasteiger partial charge in [-0.15, -0.1) is 12.4 Å². The molecule has 4 rings (SSSR count). The SMILES string of the molecule is COc1ccc([C@H]2[C@@H]3CN(C(=O)c4cc(Cl)cc(OC)c4)C[C@@H]3CN2C)cc1.Cl. The van der Waals surface area contributed by atoms with Crippen molar-refractivity contribution in [2.24, 2.45) is 11.8 Å². The first-order valence-corrected chi connectivity index (χ1v) is 9.86. The van der Waals surface area contributed by atoms with E-state index in [2.05, 4.69) is 24.1 Å². The zero-order valence-electron chi connectivity index (χ0n) is 16.8. The van der Waals surface area contributed by atoms with E-state index in [4.69, 9.17) is 21.1 Å². The molecule has 0 unspecified atom stereocenters. The molecule has 0 N–H and O–H groups in total. The van der Waals surface area contributed by atoms with Crippen molar-refractivity contribution in [3.8, 4) is 11.5 Å². The Morgan fingerprint density at radius 2 is 1.69 bits per heavy atom. The van der Waals surface area contributed by atoms with Crippen molar-refractivity contribution in [3.05, 3.63) is 58.6 Å². The van der Waals surface area contributed by atoms with Crippen LogP contribution in [0.25, 0.3) is 0 Å². The number of amides is 1. The highest BCUT2D eigenvalue weighted by molar-refractivity contribution is 6.31. The van der Waals surface area contributed by atoms with Crippen LogP contribution >= 0.6 is 24.0 Å². The minimum atomic E-state index is 0. The zero-order valence-corrected chi connectivity index (χ0v) is 18.4. The van der Waals surface area contributed by atoms with Crippen LogP contribution in [0.4, 0.5) is 0 Å². The number of ether oxygens (including phenoxy) is 2. The molecule has 1 amide bonds. The Morgan fingerprint density at radius 3 is 2.34 bits per heavy atom. The second-order valence-electron chi connectivity index (χ2n) is 7.67. The van der Waals surface area contributed by atoms with Crippen LogP contribution in [0.1, 0.15) is 22.0 Å². The molecule has 0 aromatic heterocycles. The number of methoxy groups -OCH3 is 2. The summed E-state index contributed by atoms with van der Waals surface area (Å²) in [7, 11) is 5.43. The van der Waals surface area contributed by atoms with Crippen LogP contribution < -0.4 is 9.47 Å². The highest BCUT2D eigenvalue weighted by atomic mass is 35.5. The molecule has 2 aromatic rings. The molecule has 0 bridgehead atoms. The van der Waals surface area contributed by atoms with Crippen LogP contribution in [0.5, 0.6) is 11.5 Å². The van der Waals surface area contributed by atoms with Crippen molar-refractivity contribution >= 4 is 29.9 Å². The van der Waals surface area contributed by atoms with E-state index in [1.807, 2.05) is 17.0 Å². The van der Waals surface area contributed by atoms with Gasteiger partial charge in [0.25, 0.3) is 5.91 Å². The number of likely N-dealkylation sites (tertiary alicyclic amines) is 2. The number of hydrogen-bond acceptors (Lipinski definition) is 4. The molecule has 0 radical (unpaired) electrons. The average molecular weight is 437 g/mol. The van der Waals surface area contributed by atoms with E-state index in [1.165, 1.54) is 5.56 Å². The van der Waals surface area contributed by atoms with E-state index in [0.717, 1.165) is 25.4 Å². The summed E-state index contributed by atoms with van der Waals surface area (Å²) in [6.07, 6.45) is 0. The topological polar surface area (TPSA) is 42.0 Å². The van der Waals surface area contributed by atoms with Crippen molar-refractivity contribution in [1.29, 1.82) is 0 Å². The second kappa shape index (κ2) is 8.82. The van der Waals surface area contributed by atoms with Crippen LogP contribution in [-0.4, -0.2) is 56.6 Å². The maximum Gasteiger partial charge on any atom is 0.254 e.